The number of hydrogen-bond donors (Lipinski definition) is 2. The van der Waals surface area contributed by atoms with E-state index in [-0.39, 0.29) is 19.1 Å². The van der Waals surface area contributed by atoms with Gasteiger partial charge in [0.1, 0.15) is 18.5 Å². The van der Waals surface area contributed by atoms with Crippen LogP contribution in [-0.2, 0) is 15.7 Å². The zero-order chi connectivity index (χ0) is 16.0. The largest absolute Gasteiger partial charge is 0.492 e. The number of nitrogens with one attached hydrogen (secondary N) is 2. The standard InChI is InChI=1S/C14H17F3N2O3/c15-14(16,17)10-1-3-11(4-2-10)21-8-6-19-13(20)12-9-18-5-7-22-12/h1-4,12,18H,5-9H2,(H,19,20). The number of carbonyl (C=O) groups is 1. The number of benzene rings is 1. The molecule has 8 heteroatoms. The van der Waals surface area contributed by atoms with E-state index in [9.17, 15) is 18.0 Å². The minimum Gasteiger partial charge on any atom is -0.492 e. The van der Waals surface area contributed by atoms with Gasteiger partial charge in [0.25, 0.3) is 5.91 Å². The number of carbonyl (C=O) groups excluding carboxylic acids is 1. The average molecular weight is 318 g/mol. The molecule has 1 unspecified atom stereocenters. The van der Waals surface area contributed by atoms with Crippen molar-refractivity contribution < 1.29 is 27.4 Å². The summed E-state index contributed by atoms with van der Waals surface area (Å²) in [5, 5.41) is 5.69. The van der Waals surface area contributed by atoms with E-state index in [2.05, 4.69) is 10.6 Å². The zero-order valence-electron chi connectivity index (χ0n) is 11.8. The third kappa shape index (κ3) is 4.88. The van der Waals surface area contributed by atoms with E-state index in [1.54, 1.807) is 0 Å². The average Bonchev–Trinajstić information content (AvgIpc) is 2.52. The van der Waals surface area contributed by atoms with Gasteiger partial charge in [-0.1, -0.05) is 0 Å². The van der Waals surface area contributed by atoms with Gasteiger partial charge < -0.3 is 20.1 Å². The van der Waals surface area contributed by atoms with Crippen LogP contribution in [0, 0.1) is 0 Å². The molecule has 2 N–H and O–H groups in total. The minimum atomic E-state index is -4.36. The highest BCUT2D eigenvalue weighted by Gasteiger charge is 2.30. The van der Waals surface area contributed by atoms with Crippen molar-refractivity contribution >= 4 is 5.91 Å². The summed E-state index contributed by atoms with van der Waals surface area (Å²) in [5.41, 5.74) is -0.727. The van der Waals surface area contributed by atoms with Gasteiger partial charge in [0, 0.05) is 13.1 Å². The van der Waals surface area contributed by atoms with Gasteiger partial charge >= 0.3 is 6.18 Å². The molecule has 1 amide bonds. The molecule has 0 bridgehead atoms. The molecule has 1 aliphatic heterocycles. The maximum Gasteiger partial charge on any atom is 0.416 e. The van der Waals surface area contributed by atoms with Crippen molar-refractivity contribution in [2.75, 3.05) is 32.8 Å². The van der Waals surface area contributed by atoms with Gasteiger partial charge in [0.05, 0.1) is 18.7 Å². The third-order valence-electron chi connectivity index (χ3n) is 3.07. The maximum atomic E-state index is 12.4. The number of alkyl halides is 3. The summed E-state index contributed by atoms with van der Waals surface area (Å²) in [6, 6.07) is 4.41. The highest BCUT2D eigenvalue weighted by molar-refractivity contribution is 5.81. The van der Waals surface area contributed by atoms with Crippen LogP contribution in [0.25, 0.3) is 0 Å². The predicted molar refractivity (Wildman–Crippen MR) is 72.6 cm³/mol. The Hall–Kier alpha value is -1.80. The van der Waals surface area contributed by atoms with E-state index in [0.29, 0.717) is 18.9 Å². The number of amides is 1. The summed E-state index contributed by atoms with van der Waals surface area (Å²) in [5.74, 6) is 0.0843. The molecule has 1 heterocycles. The molecular formula is C14H17F3N2O3. The molecule has 122 valence electrons. The summed E-state index contributed by atoms with van der Waals surface area (Å²) in [6.45, 7) is 2.09. The second-order valence-electron chi connectivity index (χ2n) is 4.73. The lowest BCUT2D eigenvalue weighted by molar-refractivity contribution is -0.137. The van der Waals surface area contributed by atoms with Crippen molar-refractivity contribution in [2.24, 2.45) is 0 Å². The van der Waals surface area contributed by atoms with Gasteiger partial charge in [-0.15, -0.1) is 0 Å². The molecule has 0 aliphatic carbocycles. The molecule has 0 radical (unpaired) electrons. The molecule has 2 rings (SSSR count). The van der Waals surface area contributed by atoms with Crippen molar-refractivity contribution in [1.82, 2.24) is 10.6 Å². The number of hydrogen-bond acceptors (Lipinski definition) is 4. The number of rotatable bonds is 5. The molecule has 1 saturated heterocycles. The lowest BCUT2D eigenvalue weighted by Gasteiger charge is -2.22. The summed E-state index contributed by atoms with van der Waals surface area (Å²) >= 11 is 0. The van der Waals surface area contributed by atoms with Crippen LogP contribution in [0.4, 0.5) is 13.2 Å². The van der Waals surface area contributed by atoms with Crippen LogP contribution < -0.4 is 15.4 Å². The van der Waals surface area contributed by atoms with Gasteiger partial charge in [-0.3, -0.25) is 4.79 Å². The first-order chi connectivity index (χ1) is 10.5. The van der Waals surface area contributed by atoms with Crippen LogP contribution >= 0.6 is 0 Å². The molecule has 22 heavy (non-hydrogen) atoms. The fourth-order valence-corrected chi connectivity index (χ4v) is 1.93. The molecule has 1 aromatic rings. The Morgan fingerprint density at radius 1 is 1.36 bits per heavy atom. The van der Waals surface area contributed by atoms with Crippen molar-refractivity contribution in [3.8, 4) is 5.75 Å². The lowest BCUT2D eigenvalue weighted by Crippen LogP contribution is -2.48. The third-order valence-corrected chi connectivity index (χ3v) is 3.07. The second kappa shape index (κ2) is 7.46. The maximum absolute atomic E-state index is 12.4. The Bertz CT molecular complexity index is 485. The number of ether oxygens (including phenoxy) is 2. The first-order valence-electron chi connectivity index (χ1n) is 6.87. The van der Waals surface area contributed by atoms with Crippen molar-refractivity contribution in [3.63, 3.8) is 0 Å². The van der Waals surface area contributed by atoms with Crippen LogP contribution in [0.3, 0.4) is 0 Å². The molecule has 1 aromatic carbocycles. The van der Waals surface area contributed by atoms with Gasteiger partial charge in [-0.25, -0.2) is 0 Å². The van der Waals surface area contributed by atoms with E-state index < -0.39 is 17.8 Å². The highest BCUT2D eigenvalue weighted by Crippen LogP contribution is 2.30. The van der Waals surface area contributed by atoms with Crippen LogP contribution in [0.2, 0.25) is 0 Å². The van der Waals surface area contributed by atoms with E-state index in [1.807, 2.05) is 0 Å². The smallest absolute Gasteiger partial charge is 0.416 e. The number of halogens is 3. The topological polar surface area (TPSA) is 59.6 Å². The van der Waals surface area contributed by atoms with Crippen molar-refractivity contribution in [2.45, 2.75) is 12.3 Å². The lowest BCUT2D eigenvalue weighted by atomic mass is 10.2. The fraction of sp³-hybridized carbons (Fsp3) is 0.500. The van der Waals surface area contributed by atoms with Gasteiger partial charge in [0.15, 0.2) is 0 Å². The second-order valence-corrected chi connectivity index (χ2v) is 4.73. The van der Waals surface area contributed by atoms with E-state index in [0.717, 1.165) is 18.7 Å². The summed E-state index contributed by atoms with van der Waals surface area (Å²) in [7, 11) is 0. The molecule has 5 nitrogen and oxygen atoms in total. The normalized spacial score (nSPS) is 18.8. The van der Waals surface area contributed by atoms with E-state index >= 15 is 0 Å². The monoisotopic (exact) mass is 318 g/mol. The van der Waals surface area contributed by atoms with Gasteiger partial charge in [-0.05, 0) is 24.3 Å². The summed E-state index contributed by atoms with van der Waals surface area (Å²) in [6.07, 6.45) is -4.87. The Morgan fingerprint density at radius 3 is 2.68 bits per heavy atom. The molecule has 0 spiro atoms. The molecule has 0 aromatic heterocycles. The van der Waals surface area contributed by atoms with Gasteiger partial charge in [0.2, 0.25) is 0 Å². The van der Waals surface area contributed by atoms with Crippen LogP contribution in [0.15, 0.2) is 24.3 Å². The summed E-state index contributed by atoms with van der Waals surface area (Å²) in [4.78, 5) is 11.7. The molecule has 1 fully saturated rings. The fourth-order valence-electron chi connectivity index (χ4n) is 1.93. The SMILES string of the molecule is O=C(NCCOc1ccc(C(F)(F)F)cc1)C1CNCCO1. The van der Waals surface area contributed by atoms with E-state index in [4.69, 9.17) is 9.47 Å². The van der Waals surface area contributed by atoms with Crippen LogP contribution in [0.1, 0.15) is 5.56 Å². The van der Waals surface area contributed by atoms with E-state index in [1.165, 1.54) is 12.1 Å². The Kier molecular flexibility index (Phi) is 5.62. The molecular weight excluding hydrogens is 301 g/mol. The first kappa shape index (κ1) is 16.6. The quantitative estimate of drug-likeness (QED) is 0.801. The molecule has 1 aliphatic rings. The van der Waals surface area contributed by atoms with Crippen LogP contribution in [-0.4, -0.2) is 44.9 Å². The molecule has 0 saturated carbocycles. The van der Waals surface area contributed by atoms with Crippen molar-refractivity contribution in [1.29, 1.82) is 0 Å². The first-order valence-corrected chi connectivity index (χ1v) is 6.87. The van der Waals surface area contributed by atoms with Crippen LogP contribution in [0.5, 0.6) is 5.75 Å². The summed E-state index contributed by atoms with van der Waals surface area (Å²) < 4.78 is 47.7. The Balaban J connectivity index is 1.69. The van der Waals surface area contributed by atoms with Crippen molar-refractivity contribution in [3.05, 3.63) is 29.8 Å². The van der Waals surface area contributed by atoms with Gasteiger partial charge in [-0.2, -0.15) is 13.2 Å². The Morgan fingerprint density at radius 2 is 2.09 bits per heavy atom. The predicted octanol–water partition coefficient (Wildman–Crippen LogP) is 1.19. The minimum absolute atomic E-state index is 0.164. The Labute approximate surface area is 125 Å². The molecule has 1 atom stereocenters. The number of morpholine rings is 1. The zero-order valence-corrected chi connectivity index (χ0v) is 11.8. The highest BCUT2D eigenvalue weighted by atomic mass is 19.4.